The van der Waals surface area contributed by atoms with Crippen molar-refractivity contribution in [2.75, 3.05) is 34.9 Å². The summed E-state index contributed by atoms with van der Waals surface area (Å²) in [5.74, 6) is -1.22. The minimum Gasteiger partial charge on any atom is -0.467 e. The summed E-state index contributed by atoms with van der Waals surface area (Å²) in [6.07, 6.45) is 3.60. The van der Waals surface area contributed by atoms with Crippen molar-refractivity contribution in [2.24, 2.45) is 0 Å². The number of H-pyrrole nitrogens is 1. The monoisotopic (exact) mass is 475 g/mol. The second kappa shape index (κ2) is 10.1. The van der Waals surface area contributed by atoms with E-state index in [1.807, 2.05) is 43.3 Å². The number of carbonyl (C=O) groups excluding carboxylic acids is 3. The molecular formula is C27H29N3O5. The Bertz CT molecular complexity index is 1280. The van der Waals surface area contributed by atoms with Crippen LogP contribution >= 0.6 is 0 Å². The fraction of sp³-hybridized carbons (Fsp3) is 0.296. The molecule has 0 aliphatic carbocycles. The molecular weight excluding hydrogens is 446 g/mol. The average molecular weight is 476 g/mol. The van der Waals surface area contributed by atoms with Crippen LogP contribution in [0.15, 0.2) is 60.7 Å². The van der Waals surface area contributed by atoms with E-state index in [1.165, 1.54) is 20.3 Å². The second-order valence-corrected chi connectivity index (χ2v) is 8.73. The van der Waals surface area contributed by atoms with Gasteiger partial charge in [-0.2, -0.15) is 0 Å². The fourth-order valence-corrected chi connectivity index (χ4v) is 4.60. The van der Waals surface area contributed by atoms with Gasteiger partial charge in [-0.25, -0.2) is 9.59 Å². The summed E-state index contributed by atoms with van der Waals surface area (Å²) < 4.78 is 9.95. The van der Waals surface area contributed by atoms with E-state index in [4.69, 9.17) is 9.47 Å². The molecule has 3 aromatic rings. The van der Waals surface area contributed by atoms with E-state index < -0.39 is 24.0 Å². The highest BCUT2D eigenvalue weighted by Crippen LogP contribution is 2.41. The molecule has 2 aromatic carbocycles. The standard InChI is InChI=1S/C27H29N3O5/c1-29(2)15-7-10-23(31)30-22(27(33)35-4)16-20-19-8-5-6-9-21(19)28-24(20)25(30)17-11-13-18(14-12-17)26(32)34-3/h5-14,22,25,28H,15-16H2,1-4H3/b10-7+/t22-,25+/m1/s1. The summed E-state index contributed by atoms with van der Waals surface area (Å²) in [6.45, 7) is 0.582. The topological polar surface area (TPSA) is 91.9 Å². The smallest absolute Gasteiger partial charge is 0.337 e. The van der Waals surface area contributed by atoms with Crippen molar-refractivity contribution in [1.82, 2.24) is 14.8 Å². The zero-order valence-electron chi connectivity index (χ0n) is 20.3. The normalized spacial score (nSPS) is 17.6. The zero-order valence-corrected chi connectivity index (χ0v) is 20.3. The van der Waals surface area contributed by atoms with Gasteiger partial charge in [0.15, 0.2) is 0 Å². The number of esters is 2. The second-order valence-electron chi connectivity index (χ2n) is 8.73. The highest BCUT2D eigenvalue weighted by molar-refractivity contribution is 5.95. The number of likely N-dealkylation sites (N-methyl/N-ethyl adjacent to an activating group) is 1. The van der Waals surface area contributed by atoms with Crippen LogP contribution in [0.4, 0.5) is 0 Å². The number of hydrogen-bond donors (Lipinski definition) is 1. The van der Waals surface area contributed by atoms with E-state index in [0.717, 1.165) is 27.7 Å². The predicted octanol–water partition coefficient (Wildman–Crippen LogP) is 3.09. The number of nitrogens with one attached hydrogen (secondary N) is 1. The molecule has 1 aromatic heterocycles. The van der Waals surface area contributed by atoms with Gasteiger partial charge in [0.1, 0.15) is 6.04 Å². The Balaban J connectivity index is 1.88. The van der Waals surface area contributed by atoms with Gasteiger partial charge in [-0.15, -0.1) is 0 Å². The zero-order chi connectivity index (χ0) is 25.1. The van der Waals surface area contributed by atoms with Crippen molar-refractivity contribution in [3.63, 3.8) is 0 Å². The molecule has 0 bridgehead atoms. The minimum atomic E-state index is -0.812. The molecule has 0 saturated carbocycles. The third-order valence-corrected chi connectivity index (χ3v) is 6.24. The Hall–Kier alpha value is -3.91. The van der Waals surface area contributed by atoms with Gasteiger partial charge in [-0.1, -0.05) is 36.4 Å². The highest BCUT2D eigenvalue weighted by atomic mass is 16.5. The van der Waals surface area contributed by atoms with Crippen molar-refractivity contribution in [3.05, 3.63) is 83.1 Å². The molecule has 0 unspecified atom stereocenters. The number of hydrogen-bond acceptors (Lipinski definition) is 6. The lowest BCUT2D eigenvalue weighted by atomic mass is 9.87. The van der Waals surface area contributed by atoms with Crippen LogP contribution in [0.1, 0.15) is 33.2 Å². The van der Waals surface area contributed by atoms with Gasteiger partial charge in [0, 0.05) is 35.6 Å². The third-order valence-electron chi connectivity index (χ3n) is 6.24. The van der Waals surface area contributed by atoms with Crippen molar-refractivity contribution in [3.8, 4) is 0 Å². The summed E-state index contributed by atoms with van der Waals surface area (Å²) >= 11 is 0. The molecule has 8 heteroatoms. The van der Waals surface area contributed by atoms with Crippen LogP contribution in [0.3, 0.4) is 0 Å². The van der Waals surface area contributed by atoms with Crippen LogP contribution in [0.25, 0.3) is 10.9 Å². The van der Waals surface area contributed by atoms with Crippen LogP contribution in [0, 0.1) is 0 Å². The van der Waals surface area contributed by atoms with Crippen molar-refractivity contribution >= 4 is 28.7 Å². The van der Waals surface area contributed by atoms with Gasteiger partial charge in [0.25, 0.3) is 0 Å². The summed E-state index contributed by atoms with van der Waals surface area (Å²) in [7, 11) is 6.48. The first-order chi connectivity index (χ1) is 16.8. The first kappa shape index (κ1) is 24.2. The number of rotatable bonds is 6. The number of ether oxygens (including phenoxy) is 2. The number of amides is 1. The van der Waals surface area contributed by atoms with Gasteiger partial charge >= 0.3 is 11.9 Å². The Morgan fingerprint density at radius 1 is 1.06 bits per heavy atom. The first-order valence-corrected chi connectivity index (χ1v) is 11.3. The maximum atomic E-state index is 13.6. The SMILES string of the molecule is COC(=O)c1ccc([C@H]2c3[nH]c4ccccc4c3C[C@H](C(=O)OC)N2C(=O)/C=C/CN(C)C)cc1. The van der Waals surface area contributed by atoms with E-state index in [1.54, 1.807) is 35.2 Å². The molecule has 0 fully saturated rings. The molecule has 2 atom stereocenters. The quantitative estimate of drug-likeness (QED) is 0.435. The number of aromatic nitrogens is 1. The molecule has 8 nitrogen and oxygen atoms in total. The number of nitrogens with zero attached hydrogens (tertiary/aromatic N) is 2. The molecule has 0 saturated heterocycles. The van der Waals surface area contributed by atoms with Crippen molar-refractivity contribution in [2.45, 2.75) is 18.5 Å². The van der Waals surface area contributed by atoms with E-state index >= 15 is 0 Å². The Morgan fingerprint density at radius 3 is 2.43 bits per heavy atom. The van der Waals surface area contributed by atoms with Crippen LogP contribution in [0.2, 0.25) is 0 Å². The number of aromatic amines is 1. The molecule has 0 radical (unpaired) electrons. The molecule has 1 aliphatic rings. The van der Waals surface area contributed by atoms with Gasteiger partial charge in [-0.3, -0.25) is 4.79 Å². The van der Waals surface area contributed by atoms with Crippen LogP contribution in [0.5, 0.6) is 0 Å². The Labute approximate surface area is 204 Å². The Morgan fingerprint density at radius 2 is 1.77 bits per heavy atom. The molecule has 1 amide bonds. The number of para-hydroxylation sites is 1. The van der Waals surface area contributed by atoms with Crippen LogP contribution < -0.4 is 0 Å². The van der Waals surface area contributed by atoms with E-state index in [9.17, 15) is 14.4 Å². The number of benzene rings is 2. The van der Waals surface area contributed by atoms with Gasteiger partial charge in [0.05, 0.1) is 25.8 Å². The van der Waals surface area contributed by atoms with Gasteiger partial charge in [0.2, 0.25) is 5.91 Å². The van der Waals surface area contributed by atoms with Crippen molar-refractivity contribution in [1.29, 1.82) is 0 Å². The summed E-state index contributed by atoms with van der Waals surface area (Å²) in [5.41, 5.74) is 3.89. The lowest BCUT2D eigenvalue weighted by Crippen LogP contribution is -2.51. The molecule has 0 spiro atoms. The number of methoxy groups -OCH3 is 2. The predicted molar refractivity (Wildman–Crippen MR) is 132 cm³/mol. The number of carbonyl (C=O) groups is 3. The third kappa shape index (κ3) is 4.70. The minimum absolute atomic E-state index is 0.298. The highest BCUT2D eigenvalue weighted by Gasteiger charge is 2.43. The van der Waals surface area contributed by atoms with E-state index in [2.05, 4.69) is 4.98 Å². The molecule has 1 aliphatic heterocycles. The van der Waals surface area contributed by atoms with Crippen LogP contribution in [-0.4, -0.2) is 73.5 Å². The number of fused-ring (bicyclic) bond motifs is 3. The summed E-state index contributed by atoms with van der Waals surface area (Å²) in [4.78, 5) is 45.5. The lowest BCUT2D eigenvalue weighted by molar-refractivity contribution is -0.153. The van der Waals surface area contributed by atoms with E-state index in [0.29, 0.717) is 18.5 Å². The lowest BCUT2D eigenvalue weighted by Gasteiger charge is -2.40. The van der Waals surface area contributed by atoms with Gasteiger partial charge < -0.3 is 24.3 Å². The maximum Gasteiger partial charge on any atom is 0.337 e. The molecule has 35 heavy (non-hydrogen) atoms. The first-order valence-electron chi connectivity index (χ1n) is 11.3. The fourth-order valence-electron chi connectivity index (χ4n) is 4.60. The molecule has 4 rings (SSSR count). The molecule has 1 N–H and O–H groups in total. The summed E-state index contributed by atoms with van der Waals surface area (Å²) in [6, 6.07) is 13.4. The van der Waals surface area contributed by atoms with Crippen LogP contribution in [-0.2, 0) is 25.5 Å². The summed E-state index contributed by atoms with van der Waals surface area (Å²) in [5, 5.41) is 1.00. The van der Waals surface area contributed by atoms with E-state index in [-0.39, 0.29) is 5.91 Å². The molecule has 2 heterocycles. The maximum absolute atomic E-state index is 13.6. The Kier molecular flexibility index (Phi) is 7.02. The molecule has 182 valence electrons. The van der Waals surface area contributed by atoms with Crippen molar-refractivity contribution < 1.29 is 23.9 Å². The van der Waals surface area contributed by atoms with Gasteiger partial charge in [-0.05, 0) is 43.4 Å². The average Bonchev–Trinajstić information content (AvgIpc) is 3.24. The largest absolute Gasteiger partial charge is 0.467 e.